The Morgan fingerprint density at radius 3 is 3.00 bits per heavy atom. The largest absolute Gasteiger partial charge is 0.316 e. The number of likely N-dealkylation sites (N-methyl/N-ethyl adjacent to an activating group) is 1. The van der Waals surface area contributed by atoms with E-state index in [1.165, 1.54) is 29.4 Å². The van der Waals surface area contributed by atoms with Crippen LogP contribution < -0.4 is 5.32 Å². The number of hydrogen-bond acceptors (Lipinski definition) is 2. The number of halogens is 1. The molecule has 94 valence electrons. The smallest absolute Gasteiger partial charge is 0.0320 e. The number of piperidine rings is 1. The Balaban J connectivity index is 2.06. The lowest BCUT2D eigenvalue weighted by atomic mass is 10.0. The van der Waals surface area contributed by atoms with Gasteiger partial charge in [0, 0.05) is 23.1 Å². The van der Waals surface area contributed by atoms with E-state index in [-0.39, 0.29) is 0 Å². The van der Waals surface area contributed by atoms with Gasteiger partial charge >= 0.3 is 0 Å². The van der Waals surface area contributed by atoms with Crippen LogP contribution in [-0.2, 0) is 0 Å². The highest BCUT2D eigenvalue weighted by molar-refractivity contribution is 9.10. The minimum Gasteiger partial charge on any atom is -0.316 e. The van der Waals surface area contributed by atoms with Crippen molar-refractivity contribution in [1.82, 2.24) is 10.2 Å². The fraction of sp³-hybridized carbons (Fsp3) is 0.571. The fourth-order valence-corrected chi connectivity index (χ4v) is 2.99. The number of likely N-dealkylation sites (tertiary alicyclic amines) is 1. The molecule has 1 aliphatic rings. The van der Waals surface area contributed by atoms with Gasteiger partial charge in [-0.05, 0) is 51.1 Å². The minimum absolute atomic E-state index is 0.503. The van der Waals surface area contributed by atoms with Crippen molar-refractivity contribution in [3.05, 3.63) is 34.3 Å². The van der Waals surface area contributed by atoms with E-state index in [0.717, 1.165) is 6.54 Å². The molecule has 1 aliphatic heterocycles. The van der Waals surface area contributed by atoms with Crippen LogP contribution in [-0.4, -0.2) is 31.1 Å². The van der Waals surface area contributed by atoms with E-state index in [1.807, 2.05) is 0 Å². The van der Waals surface area contributed by atoms with Gasteiger partial charge in [-0.1, -0.05) is 28.1 Å². The molecule has 0 amide bonds. The zero-order chi connectivity index (χ0) is 12.3. The molecule has 1 N–H and O–H groups in total. The molecule has 2 rings (SSSR count). The summed E-state index contributed by atoms with van der Waals surface area (Å²) in [6.45, 7) is 4.68. The van der Waals surface area contributed by atoms with E-state index >= 15 is 0 Å². The summed E-state index contributed by atoms with van der Waals surface area (Å²) in [5.41, 5.74) is 1.40. The second-order valence-corrected chi connectivity index (χ2v) is 5.77. The molecule has 3 heteroatoms. The molecule has 2 unspecified atom stereocenters. The maximum absolute atomic E-state index is 3.55. The topological polar surface area (TPSA) is 15.3 Å². The third-order valence-corrected chi connectivity index (χ3v) is 4.23. The van der Waals surface area contributed by atoms with Crippen molar-refractivity contribution < 1.29 is 0 Å². The van der Waals surface area contributed by atoms with Crippen LogP contribution in [0.5, 0.6) is 0 Å². The lowest BCUT2D eigenvalue weighted by molar-refractivity contribution is 0.149. The van der Waals surface area contributed by atoms with Gasteiger partial charge in [0.2, 0.25) is 0 Å². The van der Waals surface area contributed by atoms with Crippen LogP contribution >= 0.6 is 15.9 Å². The van der Waals surface area contributed by atoms with Gasteiger partial charge in [-0.3, -0.25) is 4.90 Å². The standard InChI is InChI=1S/C14H21BrN2/c1-11(12-5-3-6-13(15)9-12)17-8-4-7-14(10-17)16-2/h3,5-6,9,11,14,16H,4,7-8,10H2,1-2H3. The van der Waals surface area contributed by atoms with Crippen molar-refractivity contribution in [1.29, 1.82) is 0 Å². The van der Waals surface area contributed by atoms with E-state index < -0.39 is 0 Å². The Kier molecular flexibility index (Phi) is 4.60. The lowest BCUT2D eigenvalue weighted by Gasteiger charge is -2.37. The lowest BCUT2D eigenvalue weighted by Crippen LogP contribution is -2.45. The van der Waals surface area contributed by atoms with E-state index in [4.69, 9.17) is 0 Å². The van der Waals surface area contributed by atoms with Crippen LogP contribution in [0.3, 0.4) is 0 Å². The van der Waals surface area contributed by atoms with Gasteiger partial charge in [0.25, 0.3) is 0 Å². The van der Waals surface area contributed by atoms with Crippen molar-refractivity contribution >= 4 is 15.9 Å². The second kappa shape index (κ2) is 5.98. The van der Waals surface area contributed by atoms with Crippen molar-refractivity contribution in [3.8, 4) is 0 Å². The summed E-state index contributed by atoms with van der Waals surface area (Å²) in [5.74, 6) is 0. The highest BCUT2D eigenvalue weighted by atomic mass is 79.9. The molecule has 1 aromatic rings. The average molecular weight is 297 g/mol. The van der Waals surface area contributed by atoms with Crippen molar-refractivity contribution in [3.63, 3.8) is 0 Å². The maximum atomic E-state index is 3.55. The number of nitrogens with zero attached hydrogens (tertiary/aromatic N) is 1. The molecule has 0 spiro atoms. The molecule has 1 saturated heterocycles. The Hall–Kier alpha value is -0.380. The molecular formula is C14H21BrN2. The van der Waals surface area contributed by atoms with Crippen LogP contribution in [0, 0.1) is 0 Å². The zero-order valence-electron chi connectivity index (χ0n) is 10.6. The van der Waals surface area contributed by atoms with Gasteiger partial charge in [0.05, 0.1) is 0 Å². The van der Waals surface area contributed by atoms with Gasteiger partial charge in [0.1, 0.15) is 0 Å². The molecule has 1 heterocycles. The molecule has 0 radical (unpaired) electrons. The molecular weight excluding hydrogens is 276 g/mol. The summed E-state index contributed by atoms with van der Waals surface area (Å²) in [4.78, 5) is 2.58. The van der Waals surface area contributed by atoms with E-state index in [2.05, 4.69) is 64.4 Å². The molecule has 0 aromatic heterocycles. The number of hydrogen-bond donors (Lipinski definition) is 1. The summed E-state index contributed by atoms with van der Waals surface area (Å²) in [6.07, 6.45) is 2.60. The Labute approximate surface area is 113 Å². The van der Waals surface area contributed by atoms with Gasteiger partial charge in [-0.2, -0.15) is 0 Å². The second-order valence-electron chi connectivity index (χ2n) is 4.85. The van der Waals surface area contributed by atoms with Crippen LogP contribution in [0.15, 0.2) is 28.7 Å². The van der Waals surface area contributed by atoms with Crippen LogP contribution in [0.25, 0.3) is 0 Å². The fourth-order valence-electron chi connectivity index (χ4n) is 2.57. The van der Waals surface area contributed by atoms with E-state index in [9.17, 15) is 0 Å². The zero-order valence-corrected chi connectivity index (χ0v) is 12.2. The summed E-state index contributed by atoms with van der Waals surface area (Å²) in [5, 5.41) is 3.40. The third-order valence-electron chi connectivity index (χ3n) is 3.74. The van der Waals surface area contributed by atoms with Gasteiger partial charge in [-0.25, -0.2) is 0 Å². The molecule has 2 atom stereocenters. The molecule has 0 aliphatic carbocycles. The molecule has 1 aromatic carbocycles. The van der Waals surface area contributed by atoms with Gasteiger partial charge < -0.3 is 5.32 Å². The first-order chi connectivity index (χ1) is 8.20. The molecule has 1 fully saturated rings. The SMILES string of the molecule is CNC1CCCN(C(C)c2cccc(Br)c2)C1. The molecule has 0 saturated carbocycles. The monoisotopic (exact) mass is 296 g/mol. The molecule has 17 heavy (non-hydrogen) atoms. The number of rotatable bonds is 3. The van der Waals surface area contributed by atoms with Crippen molar-refractivity contribution in [2.24, 2.45) is 0 Å². The van der Waals surface area contributed by atoms with Crippen LogP contribution in [0.4, 0.5) is 0 Å². The number of nitrogens with one attached hydrogen (secondary N) is 1. The van der Waals surface area contributed by atoms with Crippen molar-refractivity contribution in [2.75, 3.05) is 20.1 Å². The van der Waals surface area contributed by atoms with Crippen LogP contribution in [0.1, 0.15) is 31.4 Å². The Morgan fingerprint density at radius 1 is 1.47 bits per heavy atom. The maximum Gasteiger partial charge on any atom is 0.0320 e. The van der Waals surface area contributed by atoms with E-state index in [0.29, 0.717) is 12.1 Å². The summed E-state index contributed by atoms with van der Waals surface area (Å²) in [7, 11) is 2.07. The summed E-state index contributed by atoms with van der Waals surface area (Å²) in [6, 6.07) is 9.81. The molecule has 0 bridgehead atoms. The Bertz CT molecular complexity index is 367. The summed E-state index contributed by atoms with van der Waals surface area (Å²) < 4.78 is 1.17. The first-order valence-corrected chi connectivity index (χ1v) is 7.17. The Morgan fingerprint density at radius 2 is 2.29 bits per heavy atom. The first kappa shape index (κ1) is 13.1. The van der Waals surface area contributed by atoms with E-state index in [1.54, 1.807) is 0 Å². The van der Waals surface area contributed by atoms with Gasteiger partial charge in [0.15, 0.2) is 0 Å². The highest BCUT2D eigenvalue weighted by Gasteiger charge is 2.23. The predicted molar refractivity (Wildman–Crippen MR) is 76.2 cm³/mol. The normalized spacial score (nSPS) is 23.6. The molecule has 2 nitrogen and oxygen atoms in total. The summed E-state index contributed by atoms with van der Waals surface area (Å²) >= 11 is 3.55. The number of benzene rings is 1. The minimum atomic E-state index is 0.503. The predicted octanol–water partition coefficient (Wildman–Crippen LogP) is 3.19. The highest BCUT2D eigenvalue weighted by Crippen LogP contribution is 2.25. The van der Waals surface area contributed by atoms with Crippen molar-refractivity contribution in [2.45, 2.75) is 31.8 Å². The third kappa shape index (κ3) is 3.30. The van der Waals surface area contributed by atoms with Crippen LogP contribution in [0.2, 0.25) is 0 Å². The quantitative estimate of drug-likeness (QED) is 0.921. The average Bonchev–Trinajstić information content (AvgIpc) is 2.38. The van der Waals surface area contributed by atoms with Gasteiger partial charge in [-0.15, -0.1) is 0 Å². The first-order valence-electron chi connectivity index (χ1n) is 6.37.